The molecule has 3 rings (SSSR count). The highest BCUT2D eigenvalue weighted by atomic mass is 35.5. The van der Waals surface area contributed by atoms with Gasteiger partial charge in [0.05, 0.1) is 19.3 Å². The molecular weight excluding hydrogens is 418 g/mol. The molecule has 0 bridgehead atoms. The van der Waals surface area contributed by atoms with Crippen LogP contribution in [0.3, 0.4) is 0 Å². The first-order valence-electron chi connectivity index (χ1n) is 9.25. The summed E-state index contributed by atoms with van der Waals surface area (Å²) in [5.41, 5.74) is 1.95. The number of benzene rings is 2. The Kier molecular flexibility index (Phi) is 7.14. The standard InChI is InChI=1S/C22H18ClN5O3/c1-3-31-20(29)15(13-24)12-14-8-10-16(11-9-14)25-22-27-19(26-21(23)28-22)17-6-4-5-7-18(17)30-2/h4-12H,3H2,1-2H3,(H,25,26,27,28). The number of carbonyl (C=O) groups is 1. The van der Waals surface area contributed by atoms with Crippen LogP contribution < -0.4 is 10.1 Å². The fourth-order valence-corrected chi connectivity index (χ4v) is 2.82. The van der Waals surface area contributed by atoms with Crippen LogP contribution in [0, 0.1) is 11.3 Å². The summed E-state index contributed by atoms with van der Waals surface area (Å²) in [5, 5.41) is 12.2. The Morgan fingerprint density at radius 2 is 1.90 bits per heavy atom. The number of methoxy groups -OCH3 is 1. The summed E-state index contributed by atoms with van der Waals surface area (Å²) in [7, 11) is 1.57. The van der Waals surface area contributed by atoms with Crippen LogP contribution in [-0.2, 0) is 9.53 Å². The van der Waals surface area contributed by atoms with Gasteiger partial charge in [-0.2, -0.15) is 20.2 Å². The van der Waals surface area contributed by atoms with E-state index in [9.17, 15) is 4.79 Å². The molecule has 0 fully saturated rings. The van der Waals surface area contributed by atoms with Crippen LogP contribution in [0.15, 0.2) is 54.1 Å². The third-order valence-electron chi connectivity index (χ3n) is 4.05. The van der Waals surface area contributed by atoms with E-state index in [-0.39, 0.29) is 23.4 Å². The number of nitriles is 1. The van der Waals surface area contributed by atoms with Crippen molar-refractivity contribution in [2.75, 3.05) is 19.0 Å². The van der Waals surface area contributed by atoms with Gasteiger partial charge in [0.15, 0.2) is 5.82 Å². The van der Waals surface area contributed by atoms with E-state index in [1.54, 1.807) is 44.4 Å². The predicted molar refractivity (Wildman–Crippen MR) is 117 cm³/mol. The molecule has 0 aliphatic heterocycles. The van der Waals surface area contributed by atoms with Crippen molar-refractivity contribution in [1.82, 2.24) is 15.0 Å². The molecule has 0 radical (unpaired) electrons. The van der Waals surface area contributed by atoms with Gasteiger partial charge in [0.25, 0.3) is 0 Å². The lowest BCUT2D eigenvalue weighted by atomic mass is 10.1. The molecule has 3 aromatic rings. The van der Waals surface area contributed by atoms with Gasteiger partial charge in [-0.05, 0) is 54.4 Å². The SMILES string of the molecule is CCOC(=O)C(C#N)=Cc1ccc(Nc2nc(Cl)nc(-c3ccccc3OC)n2)cc1. The fraction of sp³-hybridized carbons (Fsp3) is 0.136. The summed E-state index contributed by atoms with van der Waals surface area (Å²) in [4.78, 5) is 24.5. The molecular formula is C22H18ClN5O3. The molecule has 0 saturated carbocycles. The average molecular weight is 436 g/mol. The Morgan fingerprint density at radius 3 is 2.58 bits per heavy atom. The highest BCUT2D eigenvalue weighted by Gasteiger charge is 2.12. The van der Waals surface area contributed by atoms with Crippen molar-refractivity contribution in [3.05, 3.63) is 65.0 Å². The van der Waals surface area contributed by atoms with E-state index in [4.69, 9.17) is 26.3 Å². The number of halogens is 1. The Hall–Kier alpha value is -3.96. The van der Waals surface area contributed by atoms with Gasteiger partial charge >= 0.3 is 5.97 Å². The number of hydrogen-bond donors (Lipinski definition) is 1. The Labute approximate surface area is 184 Å². The third kappa shape index (κ3) is 5.56. The predicted octanol–water partition coefficient (Wildman–Crippen LogP) is 4.41. The van der Waals surface area contributed by atoms with Crippen molar-refractivity contribution < 1.29 is 14.3 Å². The number of ether oxygens (including phenoxy) is 2. The second-order valence-electron chi connectivity index (χ2n) is 6.09. The number of nitrogens with one attached hydrogen (secondary N) is 1. The van der Waals surface area contributed by atoms with Gasteiger partial charge in [-0.15, -0.1) is 0 Å². The maximum absolute atomic E-state index is 11.7. The van der Waals surface area contributed by atoms with E-state index in [0.29, 0.717) is 28.4 Å². The molecule has 0 amide bonds. The number of hydrogen-bond acceptors (Lipinski definition) is 8. The van der Waals surface area contributed by atoms with Crippen molar-refractivity contribution in [1.29, 1.82) is 5.26 Å². The zero-order valence-electron chi connectivity index (χ0n) is 16.8. The van der Waals surface area contributed by atoms with Crippen LogP contribution in [-0.4, -0.2) is 34.6 Å². The minimum atomic E-state index is -0.657. The summed E-state index contributed by atoms with van der Waals surface area (Å²) >= 11 is 6.09. The number of esters is 1. The summed E-state index contributed by atoms with van der Waals surface area (Å²) in [5.74, 6) is 0.582. The average Bonchev–Trinajstić information content (AvgIpc) is 2.78. The first-order valence-corrected chi connectivity index (χ1v) is 9.62. The molecule has 0 aliphatic carbocycles. The zero-order valence-corrected chi connectivity index (χ0v) is 17.6. The molecule has 156 valence electrons. The molecule has 9 heteroatoms. The normalized spacial score (nSPS) is 10.8. The number of aromatic nitrogens is 3. The smallest absolute Gasteiger partial charge is 0.348 e. The van der Waals surface area contributed by atoms with Crippen LogP contribution in [0.4, 0.5) is 11.6 Å². The van der Waals surface area contributed by atoms with Gasteiger partial charge in [-0.25, -0.2) is 4.79 Å². The molecule has 0 aliphatic rings. The molecule has 1 aromatic heterocycles. The molecule has 31 heavy (non-hydrogen) atoms. The molecule has 0 unspecified atom stereocenters. The number of nitrogens with zero attached hydrogens (tertiary/aromatic N) is 4. The van der Waals surface area contributed by atoms with Crippen LogP contribution in [0.25, 0.3) is 17.5 Å². The highest BCUT2D eigenvalue weighted by Crippen LogP contribution is 2.28. The number of carbonyl (C=O) groups excluding carboxylic acids is 1. The van der Waals surface area contributed by atoms with E-state index in [2.05, 4.69) is 20.3 Å². The van der Waals surface area contributed by atoms with Gasteiger partial charge in [0.2, 0.25) is 11.2 Å². The molecule has 0 spiro atoms. The maximum Gasteiger partial charge on any atom is 0.348 e. The van der Waals surface area contributed by atoms with E-state index in [1.165, 1.54) is 6.08 Å². The van der Waals surface area contributed by atoms with Crippen LogP contribution >= 0.6 is 11.6 Å². The van der Waals surface area contributed by atoms with Gasteiger partial charge in [0, 0.05) is 5.69 Å². The number of anilines is 2. The topological polar surface area (TPSA) is 110 Å². The quantitative estimate of drug-likeness (QED) is 0.330. The van der Waals surface area contributed by atoms with Crippen molar-refractivity contribution >= 4 is 35.3 Å². The Balaban J connectivity index is 1.83. The molecule has 1 heterocycles. The van der Waals surface area contributed by atoms with Gasteiger partial charge in [-0.1, -0.05) is 24.3 Å². The molecule has 2 aromatic carbocycles. The van der Waals surface area contributed by atoms with Crippen LogP contribution in [0.5, 0.6) is 5.75 Å². The van der Waals surface area contributed by atoms with Crippen LogP contribution in [0.1, 0.15) is 12.5 Å². The number of para-hydroxylation sites is 1. The largest absolute Gasteiger partial charge is 0.496 e. The summed E-state index contributed by atoms with van der Waals surface area (Å²) < 4.78 is 10.2. The molecule has 8 nitrogen and oxygen atoms in total. The van der Waals surface area contributed by atoms with Crippen molar-refractivity contribution in [3.8, 4) is 23.2 Å². The number of rotatable bonds is 7. The lowest BCUT2D eigenvalue weighted by molar-refractivity contribution is -0.137. The maximum atomic E-state index is 11.7. The third-order valence-corrected chi connectivity index (χ3v) is 4.22. The molecule has 0 atom stereocenters. The van der Waals surface area contributed by atoms with E-state index in [1.807, 2.05) is 24.3 Å². The van der Waals surface area contributed by atoms with Gasteiger partial charge in [-0.3, -0.25) is 0 Å². The lowest BCUT2D eigenvalue weighted by Gasteiger charge is -2.10. The van der Waals surface area contributed by atoms with E-state index < -0.39 is 5.97 Å². The second-order valence-corrected chi connectivity index (χ2v) is 6.43. The minimum Gasteiger partial charge on any atom is -0.496 e. The monoisotopic (exact) mass is 435 g/mol. The van der Waals surface area contributed by atoms with Crippen molar-refractivity contribution in [2.24, 2.45) is 0 Å². The Morgan fingerprint density at radius 1 is 1.16 bits per heavy atom. The zero-order chi connectivity index (χ0) is 22.2. The highest BCUT2D eigenvalue weighted by molar-refractivity contribution is 6.28. The fourth-order valence-electron chi connectivity index (χ4n) is 2.66. The van der Waals surface area contributed by atoms with E-state index >= 15 is 0 Å². The first-order chi connectivity index (χ1) is 15.0. The first kappa shape index (κ1) is 21.7. The minimum absolute atomic E-state index is 0.0334. The second kappa shape index (κ2) is 10.2. The molecule has 0 saturated heterocycles. The van der Waals surface area contributed by atoms with E-state index in [0.717, 1.165) is 0 Å². The summed E-state index contributed by atoms with van der Waals surface area (Å²) in [6, 6.07) is 16.2. The Bertz CT molecular complexity index is 1160. The molecule has 1 N–H and O–H groups in total. The van der Waals surface area contributed by atoms with Gasteiger partial charge in [0.1, 0.15) is 17.4 Å². The lowest BCUT2D eigenvalue weighted by Crippen LogP contribution is -2.06. The summed E-state index contributed by atoms with van der Waals surface area (Å²) in [6.45, 7) is 1.88. The van der Waals surface area contributed by atoms with Crippen molar-refractivity contribution in [3.63, 3.8) is 0 Å². The summed E-state index contributed by atoms with van der Waals surface area (Å²) in [6.07, 6.45) is 1.46. The van der Waals surface area contributed by atoms with Crippen LogP contribution in [0.2, 0.25) is 5.28 Å². The van der Waals surface area contributed by atoms with Gasteiger partial charge < -0.3 is 14.8 Å². The van der Waals surface area contributed by atoms with Crippen molar-refractivity contribution in [2.45, 2.75) is 6.92 Å².